The fourth-order valence-corrected chi connectivity index (χ4v) is 1.76. The Labute approximate surface area is 105 Å². The predicted molar refractivity (Wildman–Crippen MR) is 60.7 cm³/mol. The van der Waals surface area contributed by atoms with Crippen LogP contribution in [-0.4, -0.2) is 17.6 Å². The highest BCUT2D eigenvalue weighted by molar-refractivity contribution is 9.10. The molecule has 1 heterocycles. The second kappa shape index (κ2) is 6.02. The zero-order valence-corrected chi connectivity index (χ0v) is 10.6. The normalized spacial score (nSPS) is 10.7. The number of nitrogens with zero attached hydrogens (tertiary/aromatic N) is 1. The van der Waals surface area contributed by atoms with Crippen LogP contribution in [0.5, 0.6) is 0 Å². The largest absolute Gasteiger partial charge is 0.462 e. The minimum atomic E-state index is -2.79. The predicted octanol–water partition coefficient (Wildman–Crippen LogP) is 2.42. The van der Waals surface area contributed by atoms with Crippen molar-refractivity contribution in [2.45, 2.75) is 19.9 Å². The molecule has 0 saturated heterocycles. The molecule has 94 valence electrons. The van der Waals surface area contributed by atoms with Gasteiger partial charge in [-0.05, 0) is 28.9 Å². The number of nitrogens with two attached hydrogens (primary N) is 1. The quantitative estimate of drug-likeness (QED) is 0.685. The maximum atomic E-state index is 12.7. The first-order valence-corrected chi connectivity index (χ1v) is 5.65. The van der Waals surface area contributed by atoms with Gasteiger partial charge in [0, 0.05) is 12.1 Å². The van der Waals surface area contributed by atoms with Crippen LogP contribution in [-0.2, 0) is 11.3 Å². The molecule has 0 aliphatic carbocycles. The Morgan fingerprint density at radius 1 is 1.65 bits per heavy atom. The number of rotatable bonds is 4. The van der Waals surface area contributed by atoms with Crippen molar-refractivity contribution in [3.63, 3.8) is 0 Å². The van der Waals surface area contributed by atoms with Crippen molar-refractivity contribution in [2.24, 2.45) is 5.73 Å². The third-order valence-corrected chi connectivity index (χ3v) is 2.44. The van der Waals surface area contributed by atoms with Gasteiger partial charge in [-0.2, -0.15) is 0 Å². The lowest BCUT2D eigenvalue weighted by Gasteiger charge is -2.12. The maximum Gasteiger partial charge on any atom is 0.338 e. The molecule has 1 rings (SSSR count). The van der Waals surface area contributed by atoms with Crippen LogP contribution in [0.3, 0.4) is 0 Å². The van der Waals surface area contributed by atoms with E-state index in [2.05, 4.69) is 20.9 Å². The Morgan fingerprint density at radius 3 is 2.76 bits per heavy atom. The van der Waals surface area contributed by atoms with E-state index in [1.165, 1.54) is 6.07 Å². The molecule has 0 bridgehead atoms. The second-order valence-corrected chi connectivity index (χ2v) is 3.89. The van der Waals surface area contributed by atoms with Crippen LogP contribution in [0.4, 0.5) is 8.78 Å². The Morgan fingerprint density at radius 2 is 2.29 bits per heavy atom. The maximum absolute atomic E-state index is 12.7. The number of alkyl halides is 2. The topological polar surface area (TPSA) is 65.2 Å². The molecule has 2 N–H and O–H groups in total. The highest BCUT2D eigenvalue weighted by Gasteiger charge is 2.22. The molecular weight excluding hydrogens is 298 g/mol. The summed E-state index contributed by atoms with van der Waals surface area (Å²) in [6, 6.07) is 1.33. The standard InChI is InChI=1S/C10H11BrF2N2O2/c1-2-17-10(16)5-3-7(11)15-8(9(12)13)6(5)4-14/h3,9H,2,4,14H2,1H3. The van der Waals surface area contributed by atoms with Gasteiger partial charge in [-0.1, -0.05) is 0 Å². The van der Waals surface area contributed by atoms with Crippen molar-refractivity contribution in [3.8, 4) is 0 Å². The van der Waals surface area contributed by atoms with E-state index in [1.807, 2.05) is 0 Å². The van der Waals surface area contributed by atoms with E-state index in [0.717, 1.165) is 0 Å². The van der Waals surface area contributed by atoms with Crippen molar-refractivity contribution in [2.75, 3.05) is 6.61 Å². The summed E-state index contributed by atoms with van der Waals surface area (Å²) < 4.78 is 30.4. The van der Waals surface area contributed by atoms with Crippen molar-refractivity contribution in [3.05, 3.63) is 27.5 Å². The minimum absolute atomic E-state index is 0.0154. The summed E-state index contributed by atoms with van der Waals surface area (Å²) in [6.45, 7) is 1.59. The van der Waals surface area contributed by atoms with Crippen LogP contribution < -0.4 is 5.73 Å². The van der Waals surface area contributed by atoms with Gasteiger partial charge in [0.15, 0.2) is 0 Å². The summed E-state index contributed by atoms with van der Waals surface area (Å²) in [7, 11) is 0. The minimum Gasteiger partial charge on any atom is -0.462 e. The number of esters is 1. The molecule has 1 aromatic heterocycles. The summed E-state index contributed by atoms with van der Waals surface area (Å²) in [5.74, 6) is -0.682. The third kappa shape index (κ3) is 3.19. The van der Waals surface area contributed by atoms with Crippen molar-refractivity contribution in [1.29, 1.82) is 0 Å². The number of carbonyl (C=O) groups excluding carboxylic acids is 1. The number of hydrogen-bond donors (Lipinski definition) is 1. The zero-order valence-electron chi connectivity index (χ0n) is 9.04. The Balaban J connectivity index is 3.32. The van der Waals surface area contributed by atoms with Crippen LogP contribution in [0.1, 0.15) is 35.0 Å². The second-order valence-electron chi connectivity index (χ2n) is 3.08. The van der Waals surface area contributed by atoms with Crippen molar-refractivity contribution >= 4 is 21.9 Å². The number of carbonyl (C=O) groups is 1. The zero-order chi connectivity index (χ0) is 13.0. The van der Waals surface area contributed by atoms with Crippen LogP contribution in [0.2, 0.25) is 0 Å². The van der Waals surface area contributed by atoms with Crippen LogP contribution in [0, 0.1) is 0 Å². The third-order valence-electron chi connectivity index (χ3n) is 2.03. The van der Waals surface area contributed by atoms with Gasteiger partial charge < -0.3 is 10.5 Å². The Hall–Kier alpha value is -1.08. The van der Waals surface area contributed by atoms with Gasteiger partial charge >= 0.3 is 5.97 Å². The molecule has 1 aromatic rings. The van der Waals surface area contributed by atoms with Gasteiger partial charge in [0.25, 0.3) is 6.43 Å². The molecule has 0 aliphatic rings. The van der Waals surface area contributed by atoms with Gasteiger partial charge in [0.05, 0.1) is 12.2 Å². The van der Waals surface area contributed by atoms with E-state index in [1.54, 1.807) is 6.92 Å². The number of aromatic nitrogens is 1. The van der Waals surface area contributed by atoms with E-state index in [-0.39, 0.29) is 28.9 Å². The summed E-state index contributed by atoms with van der Waals surface area (Å²) in [6.07, 6.45) is -2.79. The molecule has 0 atom stereocenters. The Bertz CT molecular complexity index is 427. The first-order valence-electron chi connectivity index (χ1n) is 4.85. The van der Waals surface area contributed by atoms with E-state index >= 15 is 0 Å². The van der Waals surface area contributed by atoms with E-state index in [4.69, 9.17) is 10.5 Å². The molecule has 0 unspecified atom stereocenters. The lowest BCUT2D eigenvalue weighted by atomic mass is 10.1. The molecule has 0 aliphatic heterocycles. The molecule has 0 radical (unpaired) electrons. The smallest absolute Gasteiger partial charge is 0.338 e. The molecule has 0 aromatic carbocycles. The summed E-state index contributed by atoms with van der Waals surface area (Å²) in [4.78, 5) is 15.2. The fourth-order valence-electron chi connectivity index (χ4n) is 1.35. The number of hydrogen-bond acceptors (Lipinski definition) is 4. The van der Waals surface area contributed by atoms with Gasteiger partial charge in [0.2, 0.25) is 0 Å². The highest BCUT2D eigenvalue weighted by atomic mass is 79.9. The molecular formula is C10H11BrF2N2O2. The monoisotopic (exact) mass is 308 g/mol. The SMILES string of the molecule is CCOC(=O)c1cc(Br)nc(C(F)F)c1CN. The average Bonchev–Trinajstić information content (AvgIpc) is 2.28. The highest BCUT2D eigenvalue weighted by Crippen LogP contribution is 2.26. The van der Waals surface area contributed by atoms with Crippen molar-refractivity contribution < 1.29 is 18.3 Å². The van der Waals surface area contributed by atoms with Crippen molar-refractivity contribution in [1.82, 2.24) is 4.98 Å². The number of pyridine rings is 1. The van der Waals surface area contributed by atoms with E-state index in [0.29, 0.717) is 0 Å². The van der Waals surface area contributed by atoms with Crippen LogP contribution in [0.15, 0.2) is 10.7 Å². The first kappa shape index (κ1) is 14.0. The average molecular weight is 309 g/mol. The summed E-state index contributed by atoms with van der Waals surface area (Å²) in [5, 5.41) is 0. The molecule has 7 heteroatoms. The molecule has 0 spiro atoms. The van der Waals surface area contributed by atoms with Gasteiger partial charge in [-0.15, -0.1) is 0 Å². The lowest BCUT2D eigenvalue weighted by molar-refractivity contribution is 0.0524. The Kier molecular flexibility index (Phi) is 4.95. The van der Waals surface area contributed by atoms with E-state index < -0.39 is 18.1 Å². The summed E-state index contributed by atoms with van der Waals surface area (Å²) >= 11 is 2.97. The lowest BCUT2D eigenvalue weighted by Crippen LogP contribution is -2.15. The fraction of sp³-hybridized carbons (Fsp3) is 0.400. The molecule has 17 heavy (non-hydrogen) atoms. The van der Waals surface area contributed by atoms with Crippen LogP contribution >= 0.6 is 15.9 Å². The van der Waals surface area contributed by atoms with Crippen LogP contribution in [0.25, 0.3) is 0 Å². The van der Waals surface area contributed by atoms with Gasteiger partial charge in [-0.25, -0.2) is 18.6 Å². The van der Waals surface area contributed by atoms with Gasteiger partial charge in [-0.3, -0.25) is 0 Å². The number of ether oxygens (including phenoxy) is 1. The summed E-state index contributed by atoms with van der Waals surface area (Å²) in [5.41, 5.74) is 4.92. The molecule has 0 amide bonds. The van der Waals surface area contributed by atoms with E-state index in [9.17, 15) is 13.6 Å². The van der Waals surface area contributed by atoms with Gasteiger partial charge in [0.1, 0.15) is 10.3 Å². The molecule has 4 nitrogen and oxygen atoms in total. The molecule has 0 fully saturated rings. The number of halogens is 3. The first-order chi connectivity index (χ1) is 8.01. The molecule has 0 saturated carbocycles.